The van der Waals surface area contributed by atoms with E-state index in [0.29, 0.717) is 28.8 Å². The number of nitrogens with zero attached hydrogens (tertiary/aromatic N) is 7. The summed E-state index contributed by atoms with van der Waals surface area (Å²) in [4.78, 5) is 16.4. The van der Waals surface area contributed by atoms with E-state index in [1.165, 1.54) is 14.2 Å². The molecule has 0 N–H and O–H groups in total. The fraction of sp³-hybridized carbons (Fsp3) is 0.280. The Bertz CT molecular complexity index is 1550. The summed E-state index contributed by atoms with van der Waals surface area (Å²) in [5.41, 5.74) is 2.19. The number of aryl methyl sites for hydroxylation is 1. The van der Waals surface area contributed by atoms with E-state index in [9.17, 15) is 8.42 Å². The first kappa shape index (κ1) is 25.9. The lowest BCUT2D eigenvalue weighted by Crippen LogP contribution is -2.30. The van der Waals surface area contributed by atoms with E-state index in [1.807, 2.05) is 6.92 Å². The molecule has 0 amide bonds. The van der Waals surface area contributed by atoms with Gasteiger partial charge >= 0.3 is 0 Å². The molecule has 0 fully saturated rings. The Morgan fingerprint density at radius 2 is 1.81 bits per heavy atom. The summed E-state index contributed by atoms with van der Waals surface area (Å²) in [6.07, 6.45) is 2.34. The molecule has 0 saturated carbocycles. The van der Waals surface area contributed by atoms with E-state index in [-0.39, 0.29) is 11.6 Å². The number of pyridine rings is 1. The minimum Gasteiger partial charge on any atom is -0.481 e. The molecule has 1 aromatic carbocycles. The molecule has 0 bridgehead atoms. The summed E-state index contributed by atoms with van der Waals surface area (Å²) in [6.45, 7) is 10.8. The fourth-order valence-corrected chi connectivity index (χ4v) is 5.18. The van der Waals surface area contributed by atoms with Gasteiger partial charge in [-0.2, -0.15) is 0 Å². The predicted octanol–water partition coefficient (Wildman–Crippen LogP) is 3.68. The number of benzene rings is 1. The highest BCUT2D eigenvalue weighted by atomic mass is 32.2. The van der Waals surface area contributed by atoms with Gasteiger partial charge in [-0.15, -0.1) is 10.2 Å². The molecular formula is C25H25N7O4S. The van der Waals surface area contributed by atoms with Crippen molar-refractivity contribution in [2.24, 2.45) is 0 Å². The first-order chi connectivity index (χ1) is 17.8. The third-order valence-electron chi connectivity index (χ3n) is 5.74. The van der Waals surface area contributed by atoms with Crippen molar-refractivity contribution in [1.29, 1.82) is 0 Å². The van der Waals surface area contributed by atoms with Gasteiger partial charge in [0.2, 0.25) is 5.88 Å². The average molecular weight is 520 g/mol. The van der Waals surface area contributed by atoms with Crippen molar-refractivity contribution >= 4 is 15.5 Å². The molecule has 0 radical (unpaired) electrons. The second kappa shape index (κ2) is 10.8. The lowest BCUT2D eigenvalue weighted by molar-refractivity contribution is 0.0947. The van der Waals surface area contributed by atoms with Crippen LogP contribution < -0.4 is 4.74 Å². The van der Waals surface area contributed by atoms with Gasteiger partial charge in [0.1, 0.15) is 17.6 Å². The number of hydrogen-bond acceptors (Lipinski definition) is 9. The lowest BCUT2D eigenvalue weighted by atomic mass is 10.2. The molecule has 3 heterocycles. The Hall–Kier alpha value is -4.21. The molecule has 12 heteroatoms. The van der Waals surface area contributed by atoms with Crippen LogP contribution >= 0.6 is 0 Å². The lowest BCUT2D eigenvalue weighted by Gasteiger charge is -2.21. The molecule has 2 atom stereocenters. The maximum atomic E-state index is 13.6. The van der Waals surface area contributed by atoms with Gasteiger partial charge in [0.15, 0.2) is 33.0 Å². The second-order valence-electron chi connectivity index (χ2n) is 8.26. The summed E-state index contributed by atoms with van der Waals surface area (Å²) in [5.74, 6) is 0.666. The minimum absolute atomic E-state index is 0.160. The first-order valence-corrected chi connectivity index (χ1v) is 13.0. The summed E-state index contributed by atoms with van der Waals surface area (Å²) in [5, 5.41) is 7.50. The smallest absolute Gasteiger partial charge is 0.213 e. The van der Waals surface area contributed by atoms with Crippen LogP contribution in [0.1, 0.15) is 30.2 Å². The van der Waals surface area contributed by atoms with Crippen molar-refractivity contribution in [3.8, 4) is 23.1 Å². The van der Waals surface area contributed by atoms with Crippen LogP contribution in [0.25, 0.3) is 22.1 Å². The highest BCUT2D eigenvalue weighted by Gasteiger charge is 2.34. The normalized spacial score (nSPS) is 13.1. The highest BCUT2D eigenvalue weighted by Crippen LogP contribution is 2.29. The van der Waals surface area contributed by atoms with E-state index in [4.69, 9.17) is 16.0 Å². The van der Waals surface area contributed by atoms with Crippen LogP contribution in [-0.2, 0) is 20.3 Å². The molecule has 3 aromatic heterocycles. The quantitative estimate of drug-likeness (QED) is 0.304. The van der Waals surface area contributed by atoms with E-state index >= 15 is 0 Å². The number of rotatable bonds is 9. The van der Waals surface area contributed by atoms with Gasteiger partial charge in [-0.3, -0.25) is 4.57 Å². The molecule has 0 aliphatic carbocycles. The van der Waals surface area contributed by atoms with E-state index in [0.717, 1.165) is 5.56 Å². The van der Waals surface area contributed by atoms with Crippen LogP contribution in [0.3, 0.4) is 0 Å². The van der Waals surface area contributed by atoms with Gasteiger partial charge in [0.05, 0.1) is 18.9 Å². The van der Waals surface area contributed by atoms with Crippen LogP contribution in [0.5, 0.6) is 5.88 Å². The van der Waals surface area contributed by atoms with Gasteiger partial charge < -0.3 is 9.47 Å². The van der Waals surface area contributed by atoms with Crippen molar-refractivity contribution in [3.05, 3.63) is 83.5 Å². The second-order valence-corrected chi connectivity index (χ2v) is 10.6. The predicted molar refractivity (Wildman–Crippen MR) is 136 cm³/mol. The van der Waals surface area contributed by atoms with Crippen molar-refractivity contribution in [1.82, 2.24) is 29.7 Å². The SMILES string of the molecule is [C-]#[N+]c1cccc(-n2c(CS(=O)(=O)[C@@H](C)[C@H](OC)c3ncc(C)cn3)nnc2-c2cccc(OC)n2)c1. The van der Waals surface area contributed by atoms with Crippen molar-refractivity contribution < 1.29 is 17.9 Å². The number of sulfone groups is 1. The molecule has 190 valence electrons. The Morgan fingerprint density at radius 1 is 1.08 bits per heavy atom. The Balaban J connectivity index is 1.78. The summed E-state index contributed by atoms with van der Waals surface area (Å²) in [7, 11) is -0.924. The monoisotopic (exact) mass is 519 g/mol. The van der Waals surface area contributed by atoms with Gasteiger partial charge in [0, 0.05) is 31.3 Å². The molecule has 4 rings (SSSR count). The van der Waals surface area contributed by atoms with Gasteiger partial charge in [0.25, 0.3) is 0 Å². The Morgan fingerprint density at radius 3 is 2.49 bits per heavy atom. The topological polar surface area (TPSA) is 126 Å². The van der Waals surface area contributed by atoms with Gasteiger partial charge in [-0.05, 0) is 37.6 Å². The molecule has 0 aliphatic heterocycles. The van der Waals surface area contributed by atoms with Gasteiger partial charge in [-0.1, -0.05) is 18.2 Å². The maximum Gasteiger partial charge on any atom is 0.213 e. The molecule has 0 saturated heterocycles. The Labute approximate surface area is 214 Å². The van der Waals surface area contributed by atoms with Crippen LogP contribution in [0.15, 0.2) is 54.9 Å². The van der Waals surface area contributed by atoms with E-state index in [1.54, 1.807) is 66.3 Å². The third-order valence-corrected chi connectivity index (χ3v) is 7.78. The summed E-state index contributed by atoms with van der Waals surface area (Å²) >= 11 is 0. The zero-order chi connectivity index (χ0) is 26.6. The Kier molecular flexibility index (Phi) is 7.56. The number of ether oxygens (including phenoxy) is 2. The first-order valence-electron chi connectivity index (χ1n) is 11.2. The molecule has 0 unspecified atom stereocenters. The van der Waals surface area contributed by atoms with Gasteiger partial charge in [-0.25, -0.2) is 28.2 Å². The molecule has 4 aromatic rings. The highest BCUT2D eigenvalue weighted by molar-refractivity contribution is 7.91. The van der Waals surface area contributed by atoms with Crippen molar-refractivity contribution in [2.45, 2.75) is 31.0 Å². The molecule has 0 spiro atoms. The van der Waals surface area contributed by atoms with Crippen LogP contribution in [0, 0.1) is 13.5 Å². The number of aromatic nitrogens is 6. The van der Waals surface area contributed by atoms with E-state index in [2.05, 4.69) is 30.0 Å². The summed E-state index contributed by atoms with van der Waals surface area (Å²) < 4.78 is 39.5. The van der Waals surface area contributed by atoms with Crippen LogP contribution in [0.4, 0.5) is 5.69 Å². The zero-order valence-corrected chi connectivity index (χ0v) is 21.5. The minimum atomic E-state index is -3.84. The van der Waals surface area contributed by atoms with Crippen molar-refractivity contribution in [2.75, 3.05) is 14.2 Å². The summed E-state index contributed by atoms with van der Waals surface area (Å²) in [6, 6.07) is 11.9. The molecule has 0 aliphatic rings. The standard InChI is InChI=1S/C25H25N7O4S/c1-16-13-27-24(28-14-16)23(36-5)17(2)37(33,34)15-21-30-31-25(20-10-7-11-22(29-20)35-4)32(21)19-9-6-8-18(12-19)26-3/h6-14,17,23H,15H2,1-2,4-5H3/t17-,23-/m0/s1. The van der Waals surface area contributed by atoms with Crippen LogP contribution in [0.2, 0.25) is 0 Å². The fourth-order valence-electron chi connectivity index (χ4n) is 3.76. The van der Waals surface area contributed by atoms with Crippen LogP contribution in [-0.4, -0.2) is 57.6 Å². The zero-order valence-electron chi connectivity index (χ0n) is 20.7. The third kappa shape index (κ3) is 5.47. The molecular weight excluding hydrogens is 494 g/mol. The maximum absolute atomic E-state index is 13.6. The molecule has 37 heavy (non-hydrogen) atoms. The average Bonchev–Trinajstić information content (AvgIpc) is 3.33. The largest absolute Gasteiger partial charge is 0.481 e. The number of methoxy groups -OCH3 is 2. The van der Waals surface area contributed by atoms with Crippen molar-refractivity contribution in [3.63, 3.8) is 0 Å². The van der Waals surface area contributed by atoms with E-state index < -0.39 is 26.9 Å². The molecule has 11 nitrogen and oxygen atoms in total. The number of hydrogen-bond donors (Lipinski definition) is 0.